The first-order valence-electron chi connectivity index (χ1n) is 8.85. The summed E-state index contributed by atoms with van der Waals surface area (Å²) in [5.74, 6) is -0.615. The number of carbonyl (C=O) groups excluding carboxylic acids is 3. The Morgan fingerprint density at radius 2 is 1.96 bits per heavy atom. The quantitative estimate of drug-likeness (QED) is 0.637. The summed E-state index contributed by atoms with van der Waals surface area (Å²) in [5.41, 5.74) is 1.03. The SMILES string of the molecule is CCOC(=O)C1=C(COC(=O)Cc2cc(Cl)ccc2OC)NC(=O)N[C@@H]1CC. The molecule has 2 rings (SSSR count). The van der Waals surface area contributed by atoms with Gasteiger partial charge in [-0.2, -0.15) is 0 Å². The van der Waals surface area contributed by atoms with Gasteiger partial charge >= 0.3 is 18.0 Å². The van der Waals surface area contributed by atoms with Crippen molar-refractivity contribution >= 4 is 29.6 Å². The van der Waals surface area contributed by atoms with Crippen molar-refractivity contribution in [3.63, 3.8) is 0 Å². The maximum Gasteiger partial charge on any atom is 0.338 e. The Morgan fingerprint density at radius 3 is 2.61 bits per heavy atom. The number of urea groups is 1. The van der Waals surface area contributed by atoms with Crippen molar-refractivity contribution < 1.29 is 28.6 Å². The van der Waals surface area contributed by atoms with E-state index < -0.39 is 24.0 Å². The maximum atomic E-state index is 12.3. The molecular formula is C19H23ClN2O6. The second-order valence-corrected chi connectivity index (χ2v) is 6.40. The van der Waals surface area contributed by atoms with Crippen LogP contribution in [0.25, 0.3) is 0 Å². The van der Waals surface area contributed by atoms with Crippen LogP contribution in [0.2, 0.25) is 5.02 Å². The van der Waals surface area contributed by atoms with E-state index in [1.165, 1.54) is 7.11 Å². The van der Waals surface area contributed by atoms with Gasteiger partial charge in [0.25, 0.3) is 0 Å². The lowest BCUT2D eigenvalue weighted by Crippen LogP contribution is -2.51. The van der Waals surface area contributed by atoms with Crippen LogP contribution < -0.4 is 15.4 Å². The molecular weight excluding hydrogens is 388 g/mol. The summed E-state index contributed by atoms with van der Waals surface area (Å²) in [6.45, 7) is 3.44. The van der Waals surface area contributed by atoms with Crippen LogP contribution in [-0.2, 0) is 25.5 Å². The van der Waals surface area contributed by atoms with Gasteiger partial charge in [-0.1, -0.05) is 18.5 Å². The number of amides is 2. The molecule has 8 nitrogen and oxygen atoms in total. The van der Waals surface area contributed by atoms with Gasteiger partial charge in [0.2, 0.25) is 0 Å². The van der Waals surface area contributed by atoms with Gasteiger partial charge < -0.3 is 24.8 Å². The van der Waals surface area contributed by atoms with E-state index in [1.807, 2.05) is 6.92 Å². The van der Waals surface area contributed by atoms with E-state index in [0.717, 1.165) is 0 Å². The zero-order valence-electron chi connectivity index (χ0n) is 16.0. The lowest BCUT2D eigenvalue weighted by molar-refractivity contribution is -0.143. The van der Waals surface area contributed by atoms with E-state index in [9.17, 15) is 14.4 Å². The van der Waals surface area contributed by atoms with Crippen LogP contribution in [0.15, 0.2) is 29.5 Å². The molecule has 152 valence electrons. The van der Waals surface area contributed by atoms with Gasteiger partial charge in [0, 0.05) is 10.6 Å². The Kier molecular flexibility index (Phi) is 7.69. The summed E-state index contributed by atoms with van der Waals surface area (Å²) in [7, 11) is 1.49. The van der Waals surface area contributed by atoms with Crippen molar-refractivity contribution in [1.82, 2.24) is 10.6 Å². The molecule has 1 heterocycles. The molecule has 0 aromatic heterocycles. The fourth-order valence-electron chi connectivity index (χ4n) is 2.82. The van der Waals surface area contributed by atoms with E-state index in [-0.39, 0.29) is 30.9 Å². The van der Waals surface area contributed by atoms with Crippen molar-refractivity contribution in [2.45, 2.75) is 32.7 Å². The molecule has 1 aliphatic rings. The molecule has 1 atom stereocenters. The van der Waals surface area contributed by atoms with Gasteiger partial charge in [0.15, 0.2) is 0 Å². The van der Waals surface area contributed by atoms with Crippen molar-refractivity contribution in [3.05, 3.63) is 40.1 Å². The Labute approximate surface area is 168 Å². The fourth-order valence-corrected chi connectivity index (χ4v) is 3.01. The largest absolute Gasteiger partial charge is 0.496 e. The Balaban J connectivity index is 2.15. The minimum Gasteiger partial charge on any atom is -0.496 e. The van der Waals surface area contributed by atoms with Crippen LogP contribution >= 0.6 is 11.6 Å². The Hall–Kier alpha value is -2.74. The highest BCUT2D eigenvalue weighted by Gasteiger charge is 2.32. The van der Waals surface area contributed by atoms with Crippen LogP contribution in [0, 0.1) is 0 Å². The van der Waals surface area contributed by atoms with Crippen LogP contribution in [0.1, 0.15) is 25.8 Å². The topological polar surface area (TPSA) is 103 Å². The number of benzene rings is 1. The molecule has 0 radical (unpaired) electrons. The summed E-state index contributed by atoms with van der Waals surface area (Å²) < 4.78 is 15.6. The minimum absolute atomic E-state index is 0.0743. The lowest BCUT2D eigenvalue weighted by atomic mass is 10.0. The molecule has 0 unspecified atom stereocenters. The van der Waals surface area contributed by atoms with Gasteiger partial charge in [-0.3, -0.25) is 4.79 Å². The molecule has 0 aliphatic carbocycles. The van der Waals surface area contributed by atoms with Crippen LogP contribution in [-0.4, -0.2) is 44.3 Å². The molecule has 28 heavy (non-hydrogen) atoms. The molecule has 1 aliphatic heterocycles. The monoisotopic (exact) mass is 410 g/mol. The number of halogens is 1. The molecule has 1 aromatic rings. The van der Waals surface area contributed by atoms with Crippen LogP contribution in [0.5, 0.6) is 5.75 Å². The second-order valence-electron chi connectivity index (χ2n) is 5.97. The highest BCUT2D eigenvalue weighted by Crippen LogP contribution is 2.23. The smallest absolute Gasteiger partial charge is 0.338 e. The number of methoxy groups -OCH3 is 1. The zero-order chi connectivity index (χ0) is 20.7. The number of hydrogen-bond acceptors (Lipinski definition) is 6. The normalized spacial score (nSPS) is 16.1. The summed E-state index contributed by atoms with van der Waals surface area (Å²) >= 11 is 5.97. The number of ether oxygens (including phenoxy) is 3. The number of rotatable bonds is 8. The molecule has 0 spiro atoms. The molecule has 2 amide bonds. The van der Waals surface area contributed by atoms with Crippen LogP contribution in [0.4, 0.5) is 4.79 Å². The van der Waals surface area contributed by atoms with E-state index in [1.54, 1.807) is 25.1 Å². The predicted octanol–water partition coefficient (Wildman–Crippen LogP) is 2.34. The van der Waals surface area contributed by atoms with Crippen molar-refractivity contribution in [2.24, 2.45) is 0 Å². The molecule has 0 saturated carbocycles. The third kappa shape index (κ3) is 5.39. The fraction of sp³-hybridized carbons (Fsp3) is 0.421. The van der Waals surface area contributed by atoms with Gasteiger partial charge in [0.05, 0.1) is 37.4 Å². The van der Waals surface area contributed by atoms with Crippen molar-refractivity contribution in [3.8, 4) is 5.75 Å². The Morgan fingerprint density at radius 1 is 1.21 bits per heavy atom. The third-order valence-electron chi connectivity index (χ3n) is 4.10. The third-order valence-corrected chi connectivity index (χ3v) is 4.34. The van der Waals surface area contributed by atoms with Gasteiger partial charge in [-0.05, 0) is 31.5 Å². The average molecular weight is 411 g/mol. The molecule has 2 N–H and O–H groups in total. The first kappa shape index (κ1) is 21.6. The standard InChI is InChI=1S/C19H23ClN2O6/c1-4-13-17(18(24)27-5-2)14(22-19(25)21-13)10-28-16(23)9-11-8-12(20)6-7-15(11)26-3/h6-8,13H,4-5,9-10H2,1-3H3,(H2,21,22,25)/t13-/m1/s1. The molecule has 1 aromatic carbocycles. The summed E-state index contributed by atoms with van der Waals surface area (Å²) in [6, 6.07) is 3.94. The van der Waals surface area contributed by atoms with E-state index >= 15 is 0 Å². The minimum atomic E-state index is -0.565. The number of hydrogen-bond donors (Lipinski definition) is 2. The Bertz CT molecular complexity index is 793. The first-order valence-corrected chi connectivity index (χ1v) is 9.23. The number of nitrogens with one attached hydrogen (secondary N) is 2. The van der Waals surface area contributed by atoms with E-state index in [4.69, 9.17) is 25.8 Å². The van der Waals surface area contributed by atoms with Crippen molar-refractivity contribution in [1.29, 1.82) is 0 Å². The maximum absolute atomic E-state index is 12.3. The molecule has 9 heteroatoms. The summed E-state index contributed by atoms with van der Waals surface area (Å²) in [6.07, 6.45) is 0.411. The highest BCUT2D eigenvalue weighted by atomic mass is 35.5. The molecule has 0 bridgehead atoms. The predicted molar refractivity (Wildman–Crippen MR) is 102 cm³/mol. The first-order chi connectivity index (χ1) is 13.4. The number of carbonyl (C=O) groups is 3. The second kappa shape index (κ2) is 9.98. The van der Waals surface area contributed by atoms with Gasteiger partial charge in [-0.25, -0.2) is 9.59 Å². The average Bonchev–Trinajstić information content (AvgIpc) is 2.66. The zero-order valence-corrected chi connectivity index (χ0v) is 16.7. The van der Waals surface area contributed by atoms with Gasteiger partial charge in [-0.15, -0.1) is 0 Å². The summed E-state index contributed by atoms with van der Waals surface area (Å²) in [5, 5.41) is 5.65. The van der Waals surface area contributed by atoms with E-state index in [2.05, 4.69) is 10.6 Å². The van der Waals surface area contributed by atoms with Crippen LogP contribution in [0.3, 0.4) is 0 Å². The van der Waals surface area contributed by atoms with Gasteiger partial charge in [0.1, 0.15) is 12.4 Å². The molecule has 0 saturated heterocycles. The van der Waals surface area contributed by atoms with Crippen molar-refractivity contribution in [2.75, 3.05) is 20.3 Å². The number of esters is 2. The summed E-state index contributed by atoms with van der Waals surface area (Å²) in [4.78, 5) is 36.4. The lowest BCUT2D eigenvalue weighted by Gasteiger charge is -2.28. The van der Waals surface area contributed by atoms with E-state index in [0.29, 0.717) is 22.8 Å². The molecule has 0 fully saturated rings. The highest BCUT2D eigenvalue weighted by molar-refractivity contribution is 6.30.